The third kappa shape index (κ3) is 4.55. The Balaban J connectivity index is 2.57. The molecule has 0 aromatic heterocycles. The minimum absolute atomic E-state index is 0.232. The minimum Gasteiger partial charge on any atom is -0.329 e. The average Bonchev–Trinajstić information content (AvgIpc) is 2.50. The van der Waals surface area contributed by atoms with Gasteiger partial charge >= 0.3 is 0 Å². The van der Waals surface area contributed by atoms with Gasteiger partial charge in [-0.05, 0) is 51.1 Å². The summed E-state index contributed by atoms with van der Waals surface area (Å²) in [5.41, 5.74) is 6.85. The summed E-state index contributed by atoms with van der Waals surface area (Å²) in [5.74, 6) is 0. The van der Waals surface area contributed by atoms with E-state index in [2.05, 4.69) is 32.6 Å². The van der Waals surface area contributed by atoms with E-state index in [-0.39, 0.29) is 5.54 Å². The lowest BCUT2D eigenvalue weighted by atomic mass is 9.85. The van der Waals surface area contributed by atoms with Crippen LogP contribution >= 0.6 is 0 Å². The highest BCUT2D eigenvalue weighted by Crippen LogP contribution is 2.33. The molecule has 1 unspecified atom stereocenters. The number of unbranched alkanes of at least 4 members (excludes halogenated alkanes) is 2. The van der Waals surface area contributed by atoms with E-state index in [4.69, 9.17) is 5.73 Å². The molecule has 0 radical (unpaired) electrons. The fraction of sp³-hybridized carbons (Fsp3) is 1.00. The van der Waals surface area contributed by atoms with Crippen LogP contribution in [0.3, 0.4) is 0 Å². The van der Waals surface area contributed by atoms with Crippen LogP contribution < -0.4 is 5.73 Å². The smallest absolute Gasteiger partial charge is 0.0303 e. The van der Waals surface area contributed by atoms with Crippen molar-refractivity contribution in [2.75, 3.05) is 19.6 Å². The molecule has 1 heterocycles. The Hall–Kier alpha value is -0.0800. The van der Waals surface area contributed by atoms with Gasteiger partial charge in [0, 0.05) is 12.1 Å². The van der Waals surface area contributed by atoms with Gasteiger partial charge in [-0.1, -0.05) is 40.0 Å². The summed E-state index contributed by atoms with van der Waals surface area (Å²) in [6.45, 7) is 12.7. The fourth-order valence-corrected chi connectivity index (χ4v) is 3.11. The molecule has 1 atom stereocenters. The molecule has 0 aliphatic carbocycles. The zero-order valence-electron chi connectivity index (χ0n) is 13.1. The lowest BCUT2D eigenvalue weighted by Crippen LogP contribution is -2.52. The van der Waals surface area contributed by atoms with Crippen molar-refractivity contribution in [2.45, 2.75) is 78.2 Å². The number of nitrogens with zero attached hydrogens (tertiary/aromatic N) is 1. The molecule has 0 bridgehead atoms. The van der Waals surface area contributed by atoms with Crippen LogP contribution in [0.4, 0.5) is 0 Å². The van der Waals surface area contributed by atoms with Crippen LogP contribution in [0.5, 0.6) is 0 Å². The van der Waals surface area contributed by atoms with Crippen molar-refractivity contribution in [2.24, 2.45) is 11.1 Å². The van der Waals surface area contributed by atoms with Gasteiger partial charge < -0.3 is 5.73 Å². The Labute approximate surface area is 114 Å². The second-order valence-electron chi connectivity index (χ2n) is 7.16. The molecular formula is C16H34N2. The van der Waals surface area contributed by atoms with E-state index >= 15 is 0 Å². The Morgan fingerprint density at radius 1 is 1.17 bits per heavy atom. The average molecular weight is 254 g/mol. The van der Waals surface area contributed by atoms with Crippen molar-refractivity contribution in [1.29, 1.82) is 0 Å². The number of likely N-dealkylation sites (tertiary alicyclic amines) is 1. The van der Waals surface area contributed by atoms with E-state index < -0.39 is 0 Å². The van der Waals surface area contributed by atoms with Gasteiger partial charge in [-0.25, -0.2) is 0 Å². The molecule has 1 rings (SSSR count). The van der Waals surface area contributed by atoms with E-state index in [1.54, 1.807) is 0 Å². The number of hydrogen-bond donors (Lipinski definition) is 1. The summed E-state index contributed by atoms with van der Waals surface area (Å²) in [5, 5.41) is 0. The lowest BCUT2D eigenvalue weighted by molar-refractivity contribution is 0.0990. The standard InChI is InChI=1S/C16H34N2/c1-5-6-7-10-16(4,14-17)18-12-8-9-15(2,3)11-13-18/h5-14,17H2,1-4H3. The number of nitrogens with two attached hydrogens (primary N) is 1. The molecule has 0 amide bonds. The van der Waals surface area contributed by atoms with Gasteiger partial charge in [-0.15, -0.1) is 0 Å². The van der Waals surface area contributed by atoms with Crippen molar-refractivity contribution in [3.8, 4) is 0 Å². The predicted octanol–water partition coefficient (Wildman–Crippen LogP) is 3.80. The fourth-order valence-electron chi connectivity index (χ4n) is 3.11. The van der Waals surface area contributed by atoms with Crippen LogP contribution in [0, 0.1) is 5.41 Å². The van der Waals surface area contributed by atoms with Gasteiger partial charge in [0.05, 0.1) is 0 Å². The number of rotatable bonds is 6. The molecule has 0 saturated carbocycles. The summed E-state index contributed by atoms with van der Waals surface area (Å²) in [4.78, 5) is 2.68. The first-order valence-electron chi connectivity index (χ1n) is 7.89. The maximum absolute atomic E-state index is 6.10. The first-order valence-corrected chi connectivity index (χ1v) is 7.89. The molecule has 1 saturated heterocycles. The molecule has 1 aliphatic heterocycles. The monoisotopic (exact) mass is 254 g/mol. The van der Waals surface area contributed by atoms with Crippen LogP contribution in [0.1, 0.15) is 72.6 Å². The van der Waals surface area contributed by atoms with Crippen molar-refractivity contribution in [3.05, 3.63) is 0 Å². The Kier molecular flexibility index (Phi) is 6.13. The quantitative estimate of drug-likeness (QED) is 0.731. The molecule has 0 spiro atoms. The summed E-state index contributed by atoms with van der Waals surface area (Å²) in [7, 11) is 0. The highest BCUT2D eigenvalue weighted by Gasteiger charge is 2.33. The molecule has 2 nitrogen and oxygen atoms in total. The highest BCUT2D eigenvalue weighted by atomic mass is 15.2. The van der Waals surface area contributed by atoms with Crippen LogP contribution in [-0.2, 0) is 0 Å². The maximum Gasteiger partial charge on any atom is 0.0303 e. The minimum atomic E-state index is 0.232. The van der Waals surface area contributed by atoms with Gasteiger partial charge in [0.25, 0.3) is 0 Å². The summed E-state index contributed by atoms with van der Waals surface area (Å²) in [6, 6.07) is 0. The SMILES string of the molecule is CCCCCC(C)(CN)N1CCCC(C)(C)CC1. The largest absolute Gasteiger partial charge is 0.329 e. The maximum atomic E-state index is 6.10. The zero-order chi connectivity index (χ0) is 13.6. The second kappa shape index (κ2) is 6.91. The molecule has 1 fully saturated rings. The van der Waals surface area contributed by atoms with E-state index in [0.717, 1.165) is 6.54 Å². The lowest BCUT2D eigenvalue weighted by Gasteiger charge is -2.40. The summed E-state index contributed by atoms with van der Waals surface area (Å²) >= 11 is 0. The molecular weight excluding hydrogens is 220 g/mol. The second-order valence-corrected chi connectivity index (χ2v) is 7.16. The molecule has 2 N–H and O–H groups in total. The van der Waals surface area contributed by atoms with E-state index in [9.17, 15) is 0 Å². The van der Waals surface area contributed by atoms with Gasteiger partial charge in [0.1, 0.15) is 0 Å². The summed E-state index contributed by atoms with van der Waals surface area (Å²) < 4.78 is 0. The first kappa shape index (κ1) is 16.0. The first-order chi connectivity index (χ1) is 8.43. The Morgan fingerprint density at radius 3 is 2.50 bits per heavy atom. The Bertz CT molecular complexity index is 237. The predicted molar refractivity (Wildman–Crippen MR) is 80.8 cm³/mol. The molecule has 0 aromatic carbocycles. The van der Waals surface area contributed by atoms with Crippen molar-refractivity contribution < 1.29 is 0 Å². The van der Waals surface area contributed by atoms with Crippen LogP contribution in [-0.4, -0.2) is 30.1 Å². The molecule has 2 heteroatoms. The third-order valence-electron chi connectivity index (χ3n) is 4.86. The van der Waals surface area contributed by atoms with E-state index in [1.165, 1.54) is 58.0 Å². The topological polar surface area (TPSA) is 29.3 Å². The van der Waals surface area contributed by atoms with E-state index in [0.29, 0.717) is 5.41 Å². The normalized spacial score (nSPS) is 24.5. The van der Waals surface area contributed by atoms with E-state index in [1.807, 2.05) is 0 Å². The van der Waals surface area contributed by atoms with Crippen molar-refractivity contribution in [3.63, 3.8) is 0 Å². The van der Waals surface area contributed by atoms with Crippen LogP contribution in [0.15, 0.2) is 0 Å². The van der Waals surface area contributed by atoms with Crippen molar-refractivity contribution in [1.82, 2.24) is 4.90 Å². The number of hydrogen-bond acceptors (Lipinski definition) is 2. The van der Waals surface area contributed by atoms with Gasteiger partial charge in [0.15, 0.2) is 0 Å². The van der Waals surface area contributed by atoms with Crippen LogP contribution in [0.25, 0.3) is 0 Å². The molecule has 18 heavy (non-hydrogen) atoms. The van der Waals surface area contributed by atoms with Crippen molar-refractivity contribution >= 4 is 0 Å². The summed E-state index contributed by atoms with van der Waals surface area (Å²) in [6.07, 6.45) is 9.23. The highest BCUT2D eigenvalue weighted by molar-refractivity contribution is 4.90. The van der Waals surface area contributed by atoms with Gasteiger partial charge in [-0.2, -0.15) is 0 Å². The zero-order valence-corrected chi connectivity index (χ0v) is 13.1. The Morgan fingerprint density at radius 2 is 1.89 bits per heavy atom. The molecule has 1 aliphatic rings. The molecule has 108 valence electrons. The molecule has 0 aromatic rings. The van der Waals surface area contributed by atoms with Gasteiger partial charge in [0.2, 0.25) is 0 Å². The third-order valence-corrected chi connectivity index (χ3v) is 4.86. The van der Waals surface area contributed by atoms with Crippen LogP contribution in [0.2, 0.25) is 0 Å². The van der Waals surface area contributed by atoms with Gasteiger partial charge in [-0.3, -0.25) is 4.90 Å².